The molecule has 0 aromatic heterocycles. The summed E-state index contributed by atoms with van der Waals surface area (Å²) in [6, 6.07) is 11.4. The molecule has 0 spiro atoms. The number of hydrogen-bond acceptors (Lipinski definition) is 3. The van der Waals surface area contributed by atoms with Crippen LogP contribution >= 0.6 is 11.6 Å². The first-order valence-electron chi connectivity index (χ1n) is 11.8. The van der Waals surface area contributed by atoms with E-state index in [1.807, 2.05) is 6.08 Å². The molecule has 168 valence electrons. The monoisotopic (exact) mass is 450 g/mol. The molecule has 2 aromatic carbocycles. The van der Waals surface area contributed by atoms with Gasteiger partial charge in [0.2, 0.25) is 0 Å². The highest BCUT2D eigenvalue weighted by Gasteiger charge is 2.54. The van der Waals surface area contributed by atoms with Crippen molar-refractivity contribution in [3.8, 4) is 5.75 Å². The summed E-state index contributed by atoms with van der Waals surface area (Å²) in [6.07, 6.45) is 9.91. The fourth-order valence-corrected chi connectivity index (χ4v) is 6.90. The van der Waals surface area contributed by atoms with Crippen LogP contribution in [0.15, 0.2) is 42.5 Å². The van der Waals surface area contributed by atoms with Gasteiger partial charge in [-0.25, -0.2) is 0 Å². The predicted octanol–water partition coefficient (Wildman–Crippen LogP) is 6.46. The summed E-state index contributed by atoms with van der Waals surface area (Å²) < 4.78 is 5.69. The van der Waals surface area contributed by atoms with Crippen LogP contribution in [0.1, 0.15) is 72.0 Å². The summed E-state index contributed by atoms with van der Waals surface area (Å²) in [5.41, 5.74) is 4.46. The van der Waals surface area contributed by atoms with Gasteiger partial charge in [0.05, 0.1) is 13.2 Å². The summed E-state index contributed by atoms with van der Waals surface area (Å²) in [6.45, 7) is 2.31. The van der Waals surface area contributed by atoms with Crippen LogP contribution in [0.4, 0.5) is 0 Å². The van der Waals surface area contributed by atoms with Crippen molar-refractivity contribution in [3.63, 3.8) is 0 Å². The summed E-state index contributed by atoms with van der Waals surface area (Å²) in [7, 11) is 1.69. The van der Waals surface area contributed by atoms with Crippen LogP contribution in [0.2, 0.25) is 5.02 Å². The molecular formula is C28H31ClO3. The highest BCUT2D eigenvalue weighted by Crippen LogP contribution is 2.61. The van der Waals surface area contributed by atoms with Crippen LogP contribution in [0.25, 0.3) is 6.08 Å². The van der Waals surface area contributed by atoms with Crippen molar-refractivity contribution in [3.05, 3.63) is 69.8 Å². The summed E-state index contributed by atoms with van der Waals surface area (Å²) in [5, 5.41) is 11.3. The molecule has 0 saturated heterocycles. The van der Waals surface area contributed by atoms with E-state index >= 15 is 0 Å². The molecule has 2 aromatic rings. The van der Waals surface area contributed by atoms with Gasteiger partial charge >= 0.3 is 0 Å². The largest absolute Gasteiger partial charge is 0.496 e. The minimum atomic E-state index is -0.150. The second-order valence-electron chi connectivity index (χ2n) is 10.1. The number of rotatable bonds is 4. The normalized spacial score (nSPS) is 31.1. The minimum Gasteiger partial charge on any atom is -0.496 e. The number of aryl methyl sites for hydroxylation is 1. The Kier molecular flexibility index (Phi) is 5.67. The standard InChI is InChI=1S/C28H31ClO3/c1-28-14-13-21-22(24(28)10-12-27(28)31)9-5-18-16-26(32-2)19(15-23(18)21)6-11-25(30)17-3-7-20(29)8-4-17/h3-4,6-8,11,15-16,21-22,24,27,31H,5,9-10,12-14H2,1-2H3/b11-6+/t21?,22?,24?,27-,28-/m0/s1. The Morgan fingerprint density at radius 3 is 2.69 bits per heavy atom. The Balaban J connectivity index is 1.45. The zero-order valence-corrected chi connectivity index (χ0v) is 19.6. The molecule has 3 aliphatic rings. The minimum absolute atomic E-state index is 0.0484. The van der Waals surface area contributed by atoms with E-state index in [9.17, 15) is 9.90 Å². The first kappa shape index (κ1) is 21.7. The van der Waals surface area contributed by atoms with E-state index in [1.165, 1.54) is 17.5 Å². The molecule has 2 fully saturated rings. The van der Waals surface area contributed by atoms with Gasteiger partial charge in [-0.2, -0.15) is 0 Å². The van der Waals surface area contributed by atoms with Crippen LogP contribution < -0.4 is 4.74 Å². The Morgan fingerprint density at radius 2 is 1.94 bits per heavy atom. The quantitative estimate of drug-likeness (QED) is 0.429. The average molecular weight is 451 g/mol. The summed E-state index contributed by atoms with van der Waals surface area (Å²) >= 11 is 5.94. The van der Waals surface area contributed by atoms with E-state index in [-0.39, 0.29) is 17.3 Å². The van der Waals surface area contributed by atoms with Crippen molar-refractivity contribution in [2.24, 2.45) is 17.3 Å². The van der Waals surface area contributed by atoms with Crippen molar-refractivity contribution in [1.29, 1.82) is 0 Å². The molecule has 0 amide bonds. The first-order valence-corrected chi connectivity index (χ1v) is 12.2. The second-order valence-corrected chi connectivity index (χ2v) is 10.5. The summed E-state index contributed by atoms with van der Waals surface area (Å²) in [5.74, 6) is 2.55. The number of hydrogen-bond donors (Lipinski definition) is 1. The highest BCUT2D eigenvalue weighted by atomic mass is 35.5. The fraction of sp³-hybridized carbons (Fsp3) is 0.464. The van der Waals surface area contributed by atoms with E-state index in [1.54, 1.807) is 37.5 Å². The van der Waals surface area contributed by atoms with Gasteiger partial charge in [-0.05, 0) is 121 Å². The Bertz CT molecular complexity index is 1060. The smallest absolute Gasteiger partial charge is 0.185 e. The van der Waals surface area contributed by atoms with Gasteiger partial charge in [0.25, 0.3) is 0 Å². The first-order chi connectivity index (χ1) is 15.4. The number of fused-ring (bicyclic) bond motifs is 5. The predicted molar refractivity (Wildman–Crippen MR) is 128 cm³/mol. The molecule has 32 heavy (non-hydrogen) atoms. The maximum atomic E-state index is 12.6. The molecular weight excluding hydrogens is 420 g/mol. The van der Waals surface area contributed by atoms with Crippen LogP contribution in [-0.2, 0) is 6.42 Å². The average Bonchev–Trinajstić information content (AvgIpc) is 3.11. The van der Waals surface area contributed by atoms with Gasteiger partial charge in [0.15, 0.2) is 5.78 Å². The van der Waals surface area contributed by atoms with Gasteiger partial charge in [0.1, 0.15) is 5.75 Å². The highest BCUT2D eigenvalue weighted by molar-refractivity contribution is 6.30. The fourth-order valence-electron chi connectivity index (χ4n) is 6.77. The molecule has 0 aliphatic heterocycles. The number of benzene rings is 2. The van der Waals surface area contributed by atoms with E-state index < -0.39 is 0 Å². The van der Waals surface area contributed by atoms with E-state index in [4.69, 9.17) is 16.3 Å². The van der Waals surface area contributed by atoms with Gasteiger partial charge in [-0.1, -0.05) is 18.5 Å². The Hall–Kier alpha value is -2.10. The number of ether oxygens (including phenoxy) is 1. The maximum Gasteiger partial charge on any atom is 0.185 e. The number of ketones is 1. The molecule has 5 atom stereocenters. The van der Waals surface area contributed by atoms with Gasteiger partial charge in [-0.3, -0.25) is 4.79 Å². The molecule has 3 unspecified atom stereocenters. The molecule has 3 nitrogen and oxygen atoms in total. The van der Waals surface area contributed by atoms with E-state index in [0.29, 0.717) is 28.3 Å². The molecule has 2 saturated carbocycles. The third-order valence-corrected chi connectivity index (χ3v) is 8.82. The van der Waals surface area contributed by atoms with Crippen LogP contribution in [0, 0.1) is 17.3 Å². The van der Waals surface area contributed by atoms with E-state index in [0.717, 1.165) is 43.4 Å². The van der Waals surface area contributed by atoms with Crippen molar-refractivity contribution in [1.82, 2.24) is 0 Å². The topological polar surface area (TPSA) is 46.5 Å². The van der Waals surface area contributed by atoms with Crippen molar-refractivity contribution < 1.29 is 14.6 Å². The lowest BCUT2D eigenvalue weighted by Crippen LogP contribution is -2.43. The van der Waals surface area contributed by atoms with Gasteiger partial charge in [0, 0.05) is 16.1 Å². The van der Waals surface area contributed by atoms with Crippen molar-refractivity contribution in [2.75, 3.05) is 7.11 Å². The van der Waals surface area contributed by atoms with Crippen molar-refractivity contribution in [2.45, 2.75) is 57.5 Å². The number of halogens is 1. The molecule has 0 radical (unpaired) electrons. The third-order valence-electron chi connectivity index (χ3n) is 8.57. The number of methoxy groups -OCH3 is 1. The van der Waals surface area contributed by atoms with E-state index in [2.05, 4.69) is 19.1 Å². The number of allylic oxidation sites excluding steroid dienone is 1. The molecule has 1 N–H and O–H groups in total. The van der Waals surface area contributed by atoms with Crippen LogP contribution in [-0.4, -0.2) is 24.1 Å². The zero-order valence-electron chi connectivity index (χ0n) is 18.8. The van der Waals surface area contributed by atoms with Gasteiger partial charge < -0.3 is 9.84 Å². The van der Waals surface area contributed by atoms with Crippen molar-refractivity contribution >= 4 is 23.5 Å². The zero-order chi connectivity index (χ0) is 22.5. The Morgan fingerprint density at radius 1 is 1.16 bits per heavy atom. The van der Waals surface area contributed by atoms with Crippen LogP contribution in [0.5, 0.6) is 5.75 Å². The summed E-state index contributed by atoms with van der Waals surface area (Å²) in [4.78, 5) is 12.6. The van der Waals surface area contributed by atoms with Crippen LogP contribution in [0.3, 0.4) is 0 Å². The lowest BCUT2D eigenvalue weighted by molar-refractivity contribution is -0.0226. The lowest BCUT2D eigenvalue weighted by Gasteiger charge is -2.50. The molecule has 3 aliphatic carbocycles. The number of aliphatic hydroxyl groups is 1. The molecule has 5 rings (SSSR count). The van der Waals surface area contributed by atoms with Gasteiger partial charge in [-0.15, -0.1) is 0 Å². The lowest BCUT2D eigenvalue weighted by atomic mass is 9.55. The number of carbonyl (C=O) groups excluding carboxylic acids is 1. The Labute approximate surface area is 195 Å². The number of aliphatic hydroxyl groups excluding tert-OH is 1. The number of carbonyl (C=O) groups is 1. The SMILES string of the molecule is COc1cc2c(cc1/C=C/C(=O)c1ccc(Cl)cc1)C1CC[C@@]3(C)C(CC[C@@H]3O)C1CC2. The molecule has 0 heterocycles. The molecule has 0 bridgehead atoms. The second kappa shape index (κ2) is 8.35. The molecule has 4 heteroatoms. The third kappa shape index (κ3) is 3.60. The maximum absolute atomic E-state index is 12.6.